The van der Waals surface area contributed by atoms with E-state index in [1.807, 2.05) is 13.0 Å². The number of halogens is 1. The normalized spacial score (nSPS) is 10.1. The molecule has 1 heterocycles. The third kappa shape index (κ3) is 2.57. The highest BCUT2D eigenvalue weighted by molar-refractivity contribution is 5.24. The van der Waals surface area contributed by atoms with Crippen molar-refractivity contribution >= 4 is 0 Å². The van der Waals surface area contributed by atoms with E-state index in [9.17, 15) is 4.39 Å². The van der Waals surface area contributed by atoms with E-state index in [-0.39, 0.29) is 11.6 Å². The van der Waals surface area contributed by atoms with Crippen molar-refractivity contribution in [3.05, 3.63) is 59.7 Å². The second kappa shape index (κ2) is 4.75. The molecule has 0 atom stereocenters. The van der Waals surface area contributed by atoms with E-state index in [0.717, 1.165) is 11.1 Å². The SMILES string of the molecule is Cc1cncc(COc2ccccc2F)c1. The second-order valence-electron chi connectivity index (χ2n) is 3.59. The van der Waals surface area contributed by atoms with Crippen molar-refractivity contribution in [1.82, 2.24) is 4.98 Å². The number of para-hydroxylation sites is 1. The first-order valence-corrected chi connectivity index (χ1v) is 5.03. The summed E-state index contributed by atoms with van der Waals surface area (Å²) in [6.45, 7) is 2.29. The standard InChI is InChI=1S/C13H12FNO/c1-10-6-11(8-15-7-10)9-16-13-5-3-2-4-12(13)14/h2-8H,9H2,1H3. The highest BCUT2D eigenvalue weighted by Crippen LogP contribution is 2.17. The summed E-state index contributed by atoms with van der Waals surface area (Å²) in [4.78, 5) is 4.05. The summed E-state index contributed by atoms with van der Waals surface area (Å²) < 4.78 is 18.6. The smallest absolute Gasteiger partial charge is 0.165 e. The van der Waals surface area contributed by atoms with Crippen LogP contribution in [-0.2, 0) is 6.61 Å². The molecular formula is C13H12FNO. The summed E-state index contributed by atoms with van der Waals surface area (Å²) in [5.41, 5.74) is 2.00. The van der Waals surface area contributed by atoms with Gasteiger partial charge < -0.3 is 4.74 Å². The van der Waals surface area contributed by atoms with Crippen molar-refractivity contribution in [2.45, 2.75) is 13.5 Å². The van der Waals surface area contributed by atoms with Gasteiger partial charge in [-0.1, -0.05) is 12.1 Å². The van der Waals surface area contributed by atoms with Crippen molar-refractivity contribution in [2.24, 2.45) is 0 Å². The van der Waals surface area contributed by atoms with Gasteiger partial charge >= 0.3 is 0 Å². The van der Waals surface area contributed by atoms with Crippen LogP contribution in [-0.4, -0.2) is 4.98 Å². The Bertz CT molecular complexity index is 485. The molecule has 3 heteroatoms. The van der Waals surface area contributed by atoms with E-state index >= 15 is 0 Å². The third-order valence-electron chi connectivity index (χ3n) is 2.16. The highest BCUT2D eigenvalue weighted by atomic mass is 19.1. The number of ether oxygens (including phenoxy) is 1. The molecule has 16 heavy (non-hydrogen) atoms. The number of nitrogens with zero attached hydrogens (tertiary/aromatic N) is 1. The maximum atomic E-state index is 13.2. The molecule has 0 amide bonds. The Balaban J connectivity index is 2.05. The Morgan fingerprint density at radius 2 is 2.06 bits per heavy atom. The zero-order valence-electron chi connectivity index (χ0n) is 8.98. The molecule has 82 valence electrons. The molecule has 2 rings (SSSR count). The van der Waals surface area contributed by atoms with Crippen LogP contribution < -0.4 is 4.74 Å². The van der Waals surface area contributed by atoms with Crippen molar-refractivity contribution in [3.8, 4) is 5.75 Å². The number of pyridine rings is 1. The molecule has 2 aromatic rings. The molecule has 0 bridgehead atoms. The predicted octanol–water partition coefficient (Wildman–Crippen LogP) is 3.11. The van der Waals surface area contributed by atoms with Gasteiger partial charge in [-0.15, -0.1) is 0 Å². The van der Waals surface area contributed by atoms with Crippen LogP contribution in [0.25, 0.3) is 0 Å². The van der Waals surface area contributed by atoms with Gasteiger partial charge in [-0.2, -0.15) is 0 Å². The molecule has 0 unspecified atom stereocenters. The Kier molecular flexibility index (Phi) is 3.15. The van der Waals surface area contributed by atoms with Crippen molar-refractivity contribution in [1.29, 1.82) is 0 Å². The summed E-state index contributed by atoms with van der Waals surface area (Å²) in [5, 5.41) is 0. The molecule has 0 spiro atoms. The third-order valence-corrected chi connectivity index (χ3v) is 2.16. The molecule has 2 nitrogen and oxygen atoms in total. The molecule has 1 aromatic carbocycles. The first-order chi connectivity index (χ1) is 7.75. The van der Waals surface area contributed by atoms with Crippen LogP contribution in [0, 0.1) is 12.7 Å². The fourth-order valence-electron chi connectivity index (χ4n) is 1.42. The van der Waals surface area contributed by atoms with Crippen LogP contribution in [0.3, 0.4) is 0 Å². The summed E-state index contributed by atoms with van der Waals surface area (Å²) in [7, 11) is 0. The van der Waals surface area contributed by atoms with Crippen LogP contribution in [0.5, 0.6) is 5.75 Å². The molecule has 0 aliphatic rings. The van der Waals surface area contributed by atoms with Crippen LogP contribution in [0.15, 0.2) is 42.7 Å². The number of benzene rings is 1. The van der Waals surface area contributed by atoms with Gasteiger partial charge in [0.15, 0.2) is 11.6 Å². The van der Waals surface area contributed by atoms with E-state index in [4.69, 9.17) is 4.74 Å². The maximum Gasteiger partial charge on any atom is 0.165 e. The number of aromatic nitrogens is 1. The van der Waals surface area contributed by atoms with E-state index in [1.54, 1.807) is 30.6 Å². The van der Waals surface area contributed by atoms with Gasteiger partial charge in [0.25, 0.3) is 0 Å². The topological polar surface area (TPSA) is 22.1 Å². The predicted molar refractivity (Wildman–Crippen MR) is 59.7 cm³/mol. The van der Waals surface area contributed by atoms with Crippen molar-refractivity contribution < 1.29 is 9.13 Å². The fraction of sp³-hybridized carbons (Fsp3) is 0.154. The van der Waals surface area contributed by atoms with Crippen molar-refractivity contribution in [2.75, 3.05) is 0 Å². The molecular weight excluding hydrogens is 205 g/mol. The Morgan fingerprint density at radius 3 is 2.81 bits per heavy atom. The number of aryl methyl sites for hydroxylation is 1. The molecule has 1 aromatic heterocycles. The second-order valence-corrected chi connectivity index (χ2v) is 3.59. The summed E-state index contributed by atoms with van der Waals surface area (Å²) in [6, 6.07) is 8.33. The van der Waals surface area contributed by atoms with Crippen LogP contribution >= 0.6 is 0 Å². The highest BCUT2D eigenvalue weighted by Gasteiger charge is 2.01. The number of hydrogen-bond acceptors (Lipinski definition) is 2. The largest absolute Gasteiger partial charge is 0.486 e. The van der Waals surface area contributed by atoms with Crippen molar-refractivity contribution in [3.63, 3.8) is 0 Å². The zero-order valence-corrected chi connectivity index (χ0v) is 8.98. The minimum Gasteiger partial charge on any atom is -0.486 e. The average Bonchev–Trinajstić information content (AvgIpc) is 2.28. The van der Waals surface area contributed by atoms with Gasteiger partial charge in [0.1, 0.15) is 6.61 Å². The van der Waals surface area contributed by atoms with Gasteiger partial charge in [-0.25, -0.2) is 4.39 Å². The van der Waals surface area contributed by atoms with Gasteiger partial charge in [-0.3, -0.25) is 4.98 Å². The van der Waals surface area contributed by atoms with E-state index < -0.39 is 0 Å². The Labute approximate surface area is 93.7 Å². The summed E-state index contributed by atoms with van der Waals surface area (Å²) in [6.07, 6.45) is 3.49. The van der Waals surface area contributed by atoms with Gasteiger partial charge in [0.2, 0.25) is 0 Å². The lowest BCUT2D eigenvalue weighted by molar-refractivity contribution is 0.290. The zero-order chi connectivity index (χ0) is 11.4. The number of hydrogen-bond donors (Lipinski definition) is 0. The fourth-order valence-corrected chi connectivity index (χ4v) is 1.42. The quantitative estimate of drug-likeness (QED) is 0.788. The Morgan fingerprint density at radius 1 is 1.25 bits per heavy atom. The van der Waals surface area contributed by atoms with Crippen LogP contribution in [0.1, 0.15) is 11.1 Å². The van der Waals surface area contributed by atoms with E-state index in [0.29, 0.717) is 6.61 Å². The summed E-state index contributed by atoms with van der Waals surface area (Å²) >= 11 is 0. The van der Waals surface area contributed by atoms with Gasteiger partial charge in [-0.05, 0) is 30.7 Å². The van der Waals surface area contributed by atoms with Crippen LogP contribution in [0.4, 0.5) is 4.39 Å². The molecule has 0 saturated heterocycles. The first-order valence-electron chi connectivity index (χ1n) is 5.03. The molecule has 0 radical (unpaired) electrons. The molecule has 0 N–H and O–H groups in total. The number of rotatable bonds is 3. The average molecular weight is 217 g/mol. The lowest BCUT2D eigenvalue weighted by Crippen LogP contribution is -1.98. The monoisotopic (exact) mass is 217 g/mol. The van der Waals surface area contributed by atoms with Gasteiger partial charge in [0, 0.05) is 18.0 Å². The van der Waals surface area contributed by atoms with E-state index in [1.165, 1.54) is 6.07 Å². The lowest BCUT2D eigenvalue weighted by Gasteiger charge is -2.06. The molecule has 0 fully saturated rings. The van der Waals surface area contributed by atoms with E-state index in [2.05, 4.69) is 4.98 Å². The minimum absolute atomic E-state index is 0.268. The minimum atomic E-state index is -0.344. The van der Waals surface area contributed by atoms with Crippen LogP contribution in [0.2, 0.25) is 0 Å². The summed E-state index contributed by atoms with van der Waals surface area (Å²) in [5.74, 6) is -0.0767. The molecule has 0 aliphatic heterocycles. The molecule has 0 saturated carbocycles. The molecule has 0 aliphatic carbocycles. The lowest BCUT2D eigenvalue weighted by atomic mass is 10.2. The maximum absolute atomic E-state index is 13.2. The first kappa shape index (κ1) is 10.6. The Hall–Kier alpha value is -1.90. The van der Waals surface area contributed by atoms with Gasteiger partial charge in [0.05, 0.1) is 0 Å².